The van der Waals surface area contributed by atoms with Crippen molar-refractivity contribution < 1.29 is 33.2 Å². The summed E-state index contributed by atoms with van der Waals surface area (Å²) in [7, 11) is 0. The van der Waals surface area contributed by atoms with Gasteiger partial charge < -0.3 is 28.4 Å². The Hall–Kier alpha value is -5.42. The second kappa shape index (κ2) is 19.8. The SMILES string of the molecule is O=C(O[C@H]1[C@H](OCc2ccccc2)[C@@H](OCc2ccccc2)[C@H](OCc2ccccc2)[C@H](COCc2ccccc2)[C@H]1OCc1ccccc1)n1ccnc1. The molecule has 0 N–H and O–H groups in total. The monoisotopic (exact) mass is 738 g/mol. The lowest BCUT2D eigenvalue weighted by Gasteiger charge is -2.49. The first kappa shape index (κ1) is 37.9. The Kier molecular flexibility index (Phi) is 13.6. The van der Waals surface area contributed by atoms with E-state index in [9.17, 15) is 4.79 Å². The maximum absolute atomic E-state index is 13.9. The smallest absolute Gasteiger partial charge is 0.419 e. The van der Waals surface area contributed by atoms with Crippen molar-refractivity contribution in [1.29, 1.82) is 0 Å². The molecular weight excluding hydrogens is 693 g/mol. The van der Waals surface area contributed by atoms with Gasteiger partial charge in [0.25, 0.3) is 0 Å². The Balaban J connectivity index is 1.30. The molecule has 9 heteroatoms. The third kappa shape index (κ3) is 10.6. The number of hydrogen-bond acceptors (Lipinski definition) is 8. The van der Waals surface area contributed by atoms with Gasteiger partial charge >= 0.3 is 6.09 Å². The van der Waals surface area contributed by atoms with Gasteiger partial charge in [0.2, 0.25) is 0 Å². The van der Waals surface area contributed by atoms with E-state index >= 15 is 0 Å². The summed E-state index contributed by atoms with van der Waals surface area (Å²) >= 11 is 0. The summed E-state index contributed by atoms with van der Waals surface area (Å²) in [6.07, 6.45) is 0.0860. The number of ether oxygens (including phenoxy) is 6. The number of benzene rings is 5. The van der Waals surface area contributed by atoms with E-state index in [1.807, 2.05) is 152 Å². The second-order valence-electron chi connectivity index (χ2n) is 13.5. The molecule has 1 saturated carbocycles. The predicted octanol–water partition coefficient (Wildman–Crippen LogP) is 8.42. The van der Waals surface area contributed by atoms with Crippen molar-refractivity contribution in [2.45, 2.75) is 63.6 Å². The molecule has 1 aliphatic carbocycles. The Morgan fingerprint density at radius 2 is 0.836 bits per heavy atom. The molecule has 0 spiro atoms. The van der Waals surface area contributed by atoms with Crippen molar-refractivity contribution in [3.05, 3.63) is 198 Å². The Bertz CT molecular complexity index is 1970. The molecule has 0 unspecified atom stereocenters. The van der Waals surface area contributed by atoms with Crippen molar-refractivity contribution >= 4 is 6.09 Å². The lowest BCUT2D eigenvalue weighted by molar-refractivity contribution is -0.264. The van der Waals surface area contributed by atoms with Crippen molar-refractivity contribution in [3.63, 3.8) is 0 Å². The van der Waals surface area contributed by atoms with Gasteiger partial charge in [0, 0.05) is 18.3 Å². The summed E-state index contributed by atoms with van der Waals surface area (Å²) in [6.45, 7) is 1.67. The van der Waals surface area contributed by atoms with Crippen LogP contribution in [-0.2, 0) is 61.5 Å². The van der Waals surface area contributed by atoms with Gasteiger partial charge in [-0.05, 0) is 27.8 Å². The van der Waals surface area contributed by atoms with Gasteiger partial charge in [-0.2, -0.15) is 0 Å². The minimum absolute atomic E-state index is 0.226. The normalized spacial score (nSPS) is 20.9. The van der Waals surface area contributed by atoms with E-state index in [1.54, 1.807) is 6.20 Å². The van der Waals surface area contributed by atoms with E-state index in [2.05, 4.69) is 4.98 Å². The highest BCUT2D eigenvalue weighted by atomic mass is 16.6. The first-order valence-electron chi connectivity index (χ1n) is 18.6. The zero-order valence-corrected chi connectivity index (χ0v) is 30.6. The fourth-order valence-electron chi connectivity index (χ4n) is 6.87. The molecule has 0 aliphatic heterocycles. The summed E-state index contributed by atoms with van der Waals surface area (Å²) in [4.78, 5) is 18.0. The summed E-state index contributed by atoms with van der Waals surface area (Å²) < 4.78 is 41.9. The van der Waals surface area contributed by atoms with Crippen molar-refractivity contribution in [1.82, 2.24) is 9.55 Å². The van der Waals surface area contributed by atoms with Crippen LogP contribution in [0.15, 0.2) is 170 Å². The van der Waals surface area contributed by atoms with Gasteiger partial charge in [-0.1, -0.05) is 152 Å². The van der Waals surface area contributed by atoms with Crippen LogP contribution in [0, 0.1) is 5.92 Å². The van der Waals surface area contributed by atoms with Crippen molar-refractivity contribution in [3.8, 4) is 0 Å². The highest BCUT2D eigenvalue weighted by Crippen LogP contribution is 2.38. The zero-order chi connectivity index (χ0) is 37.5. The standard InChI is InChI=1S/C46H46N2O7/c49-46(48-27-26-47-34-48)55-45-42(52-30-37-20-10-3-11-21-37)40(33-50-28-35-16-6-1-7-17-35)41(51-29-36-18-8-2-9-19-36)43(53-31-38-22-12-4-13-23-38)44(45)54-32-39-24-14-5-15-25-39/h1-27,34,40-45H,28-33H2/t40-,41+,42+,43-,44+,45+/m0/s1. The third-order valence-corrected chi connectivity index (χ3v) is 9.65. The number of carbonyl (C=O) groups excluding carboxylic acids is 1. The summed E-state index contributed by atoms with van der Waals surface area (Å²) in [5, 5.41) is 0. The quantitative estimate of drug-likeness (QED) is 0.0922. The van der Waals surface area contributed by atoms with Crippen molar-refractivity contribution in [2.24, 2.45) is 5.92 Å². The van der Waals surface area contributed by atoms with Crippen LogP contribution in [0.3, 0.4) is 0 Å². The van der Waals surface area contributed by atoms with E-state index < -0.39 is 42.5 Å². The largest absolute Gasteiger partial charge is 0.440 e. The van der Waals surface area contributed by atoms with Crippen LogP contribution in [0.4, 0.5) is 4.79 Å². The number of carbonyl (C=O) groups is 1. The molecule has 6 atom stereocenters. The molecule has 1 fully saturated rings. The molecular formula is C46H46N2O7. The molecule has 0 bridgehead atoms. The molecule has 282 valence electrons. The Morgan fingerprint density at radius 3 is 1.24 bits per heavy atom. The van der Waals surface area contributed by atoms with Gasteiger partial charge in [0.15, 0.2) is 6.10 Å². The molecule has 1 aliphatic rings. The minimum Gasteiger partial charge on any atom is -0.440 e. The Labute approximate surface area is 322 Å². The van der Waals surface area contributed by atoms with Crippen LogP contribution in [0.1, 0.15) is 27.8 Å². The first-order valence-corrected chi connectivity index (χ1v) is 18.6. The van der Waals surface area contributed by atoms with E-state index in [0.29, 0.717) is 13.2 Å². The molecule has 0 saturated heterocycles. The fraction of sp³-hybridized carbons (Fsp3) is 0.261. The maximum atomic E-state index is 13.9. The molecule has 55 heavy (non-hydrogen) atoms. The third-order valence-electron chi connectivity index (χ3n) is 9.65. The summed E-state index contributed by atoms with van der Waals surface area (Å²) in [5.41, 5.74) is 4.95. The molecule has 1 aromatic heterocycles. The van der Waals surface area contributed by atoms with Gasteiger partial charge in [0.1, 0.15) is 24.6 Å². The average Bonchev–Trinajstić information content (AvgIpc) is 3.79. The van der Waals surface area contributed by atoms with E-state index in [1.165, 1.54) is 17.1 Å². The molecule has 5 aromatic carbocycles. The van der Waals surface area contributed by atoms with Crippen LogP contribution in [0.25, 0.3) is 0 Å². The molecule has 9 nitrogen and oxygen atoms in total. The van der Waals surface area contributed by atoms with Gasteiger partial charge in [-0.15, -0.1) is 0 Å². The number of imidazole rings is 1. The van der Waals surface area contributed by atoms with Crippen LogP contribution in [0.5, 0.6) is 0 Å². The molecule has 0 amide bonds. The number of aromatic nitrogens is 2. The van der Waals surface area contributed by atoms with Crippen LogP contribution >= 0.6 is 0 Å². The highest BCUT2D eigenvalue weighted by Gasteiger charge is 2.55. The van der Waals surface area contributed by atoms with Gasteiger partial charge in [0.05, 0.1) is 45.7 Å². The van der Waals surface area contributed by atoms with Crippen LogP contribution in [0.2, 0.25) is 0 Å². The van der Waals surface area contributed by atoms with E-state index in [-0.39, 0.29) is 26.4 Å². The highest BCUT2D eigenvalue weighted by molar-refractivity contribution is 5.70. The second-order valence-corrected chi connectivity index (χ2v) is 13.5. The van der Waals surface area contributed by atoms with Crippen molar-refractivity contribution in [2.75, 3.05) is 6.61 Å². The molecule has 7 rings (SSSR count). The number of nitrogens with zero attached hydrogens (tertiary/aromatic N) is 2. The first-order chi connectivity index (χ1) is 27.2. The lowest BCUT2D eigenvalue weighted by atomic mass is 9.77. The predicted molar refractivity (Wildman–Crippen MR) is 208 cm³/mol. The molecule has 0 radical (unpaired) electrons. The topological polar surface area (TPSA) is 90.3 Å². The zero-order valence-electron chi connectivity index (χ0n) is 30.6. The minimum atomic E-state index is -0.940. The number of hydrogen-bond donors (Lipinski definition) is 0. The van der Waals surface area contributed by atoms with Gasteiger partial charge in [-0.25, -0.2) is 14.3 Å². The summed E-state index contributed by atoms with van der Waals surface area (Å²) in [6, 6.07) is 49.9. The van der Waals surface area contributed by atoms with Gasteiger partial charge in [-0.3, -0.25) is 0 Å². The molecule has 6 aromatic rings. The molecule has 1 heterocycles. The Morgan fingerprint density at radius 1 is 0.473 bits per heavy atom. The van der Waals surface area contributed by atoms with Crippen LogP contribution < -0.4 is 0 Å². The lowest BCUT2D eigenvalue weighted by Crippen LogP contribution is -2.65. The maximum Gasteiger partial charge on any atom is 0.419 e. The van der Waals surface area contributed by atoms with E-state index in [4.69, 9.17) is 28.4 Å². The fourth-order valence-corrected chi connectivity index (χ4v) is 6.87. The van der Waals surface area contributed by atoms with E-state index in [0.717, 1.165) is 27.8 Å². The number of rotatable bonds is 17. The summed E-state index contributed by atoms with van der Waals surface area (Å²) in [5.74, 6) is -0.464. The average molecular weight is 739 g/mol. The van der Waals surface area contributed by atoms with Crippen LogP contribution in [-0.4, -0.2) is 52.8 Å².